The molecule has 2 aliphatic heterocycles. The first-order chi connectivity index (χ1) is 14.1. The summed E-state index contributed by atoms with van der Waals surface area (Å²) in [7, 11) is 2.15. The molecule has 5 heteroatoms. The fraction of sp³-hybridized carbons (Fsp3) is 0.458. The lowest BCUT2D eigenvalue weighted by molar-refractivity contribution is 0.0802. The average molecular weight is 397 g/mol. The van der Waals surface area contributed by atoms with Gasteiger partial charge < -0.3 is 9.64 Å². The van der Waals surface area contributed by atoms with E-state index >= 15 is 0 Å². The molecular weight excluding hydrogens is 367 g/mol. The smallest absolute Gasteiger partial charge is 0.410 e. The van der Waals surface area contributed by atoms with Crippen LogP contribution in [0.3, 0.4) is 0 Å². The molecule has 0 N–H and O–H groups in total. The van der Waals surface area contributed by atoms with Gasteiger partial charge in [-0.05, 0) is 80.6 Å². The van der Waals surface area contributed by atoms with E-state index in [1.165, 1.54) is 30.5 Å². The van der Waals surface area contributed by atoms with Crippen molar-refractivity contribution < 1.29 is 13.9 Å². The molecule has 1 amide bonds. The summed E-state index contributed by atoms with van der Waals surface area (Å²) in [5, 5.41) is 0. The second-order valence-electron chi connectivity index (χ2n) is 8.25. The van der Waals surface area contributed by atoms with Gasteiger partial charge >= 0.3 is 6.09 Å². The standard InChI is InChI=1S/C24H29FN2O2/c1-26-14-10-18(11-15-26)13-17-29-24(28)27-16-12-19-4-2-3-5-22(19)23(27)20-6-8-21(25)9-7-20/h2-9,18,23H,10-17H2,1H3/t23-/m0/s1. The van der Waals surface area contributed by atoms with Crippen LogP contribution in [0.15, 0.2) is 48.5 Å². The Morgan fingerprint density at radius 1 is 1.07 bits per heavy atom. The zero-order valence-corrected chi connectivity index (χ0v) is 17.0. The average Bonchev–Trinajstić information content (AvgIpc) is 2.75. The summed E-state index contributed by atoms with van der Waals surface area (Å²) < 4.78 is 19.2. The number of carbonyl (C=O) groups excluding carboxylic acids is 1. The van der Waals surface area contributed by atoms with Crippen molar-refractivity contribution in [2.45, 2.75) is 31.7 Å². The largest absolute Gasteiger partial charge is 0.449 e. The van der Waals surface area contributed by atoms with Crippen LogP contribution < -0.4 is 0 Å². The van der Waals surface area contributed by atoms with E-state index < -0.39 is 0 Å². The van der Waals surface area contributed by atoms with Crippen LogP contribution >= 0.6 is 0 Å². The molecule has 4 nitrogen and oxygen atoms in total. The molecule has 0 saturated carbocycles. The number of ether oxygens (including phenoxy) is 1. The maximum atomic E-state index is 13.5. The lowest BCUT2D eigenvalue weighted by Crippen LogP contribution is -2.41. The van der Waals surface area contributed by atoms with E-state index in [9.17, 15) is 9.18 Å². The molecular formula is C24H29FN2O2. The molecule has 0 spiro atoms. The minimum Gasteiger partial charge on any atom is -0.449 e. The van der Waals surface area contributed by atoms with Gasteiger partial charge in [0.05, 0.1) is 12.6 Å². The molecule has 2 aromatic rings. The molecule has 1 atom stereocenters. The predicted molar refractivity (Wildman–Crippen MR) is 111 cm³/mol. The number of amides is 1. The molecule has 0 aromatic heterocycles. The second-order valence-corrected chi connectivity index (χ2v) is 8.25. The van der Waals surface area contributed by atoms with Gasteiger partial charge in [-0.2, -0.15) is 0 Å². The Bertz CT molecular complexity index is 831. The van der Waals surface area contributed by atoms with E-state index in [2.05, 4.69) is 24.1 Å². The van der Waals surface area contributed by atoms with E-state index in [1.54, 1.807) is 17.0 Å². The molecule has 2 aliphatic rings. The number of fused-ring (bicyclic) bond motifs is 1. The molecule has 0 radical (unpaired) electrons. The van der Waals surface area contributed by atoms with Gasteiger partial charge in [-0.15, -0.1) is 0 Å². The first-order valence-corrected chi connectivity index (χ1v) is 10.6. The van der Waals surface area contributed by atoms with Crippen molar-refractivity contribution >= 4 is 6.09 Å². The third-order valence-electron chi connectivity index (χ3n) is 6.29. The number of benzene rings is 2. The molecule has 1 saturated heterocycles. The highest BCUT2D eigenvalue weighted by atomic mass is 19.1. The lowest BCUT2D eigenvalue weighted by Gasteiger charge is -2.37. The van der Waals surface area contributed by atoms with E-state index in [1.807, 2.05) is 12.1 Å². The van der Waals surface area contributed by atoms with Crippen molar-refractivity contribution in [3.63, 3.8) is 0 Å². The van der Waals surface area contributed by atoms with Crippen molar-refractivity contribution in [1.82, 2.24) is 9.80 Å². The number of rotatable bonds is 4. The van der Waals surface area contributed by atoms with Crippen molar-refractivity contribution in [1.29, 1.82) is 0 Å². The van der Waals surface area contributed by atoms with Gasteiger partial charge in [-0.1, -0.05) is 36.4 Å². The van der Waals surface area contributed by atoms with Gasteiger partial charge in [0.1, 0.15) is 5.82 Å². The number of halogens is 1. The summed E-state index contributed by atoms with van der Waals surface area (Å²) in [5.74, 6) is 0.360. The minimum atomic E-state index is -0.276. The van der Waals surface area contributed by atoms with Crippen molar-refractivity contribution in [2.75, 3.05) is 33.3 Å². The zero-order chi connectivity index (χ0) is 20.2. The van der Waals surface area contributed by atoms with Crippen LogP contribution in [-0.2, 0) is 11.2 Å². The molecule has 154 valence electrons. The Balaban J connectivity index is 1.46. The summed E-state index contributed by atoms with van der Waals surface area (Å²) >= 11 is 0. The Labute approximate surface area is 172 Å². The molecule has 4 rings (SSSR count). The molecule has 0 unspecified atom stereocenters. The van der Waals surface area contributed by atoms with Gasteiger partial charge in [-0.3, -0.25) is 4.90 Å². The van der Waals surface area contributed by atoms with Gasteiger partial charge in [0.15, 0.2) is 0 Å². The Hall–Kier alpha value is -2.40. The van der Waals surface area contributed by atoms with E-state index in [0.29, 0.717) is 19.1 Å². The summed E-state index contributed by atoms with van der Waals surface area (Å²) in [6, 6.07) is 14.4. The molecule has 0 aliphatic carbocycles. The molecule has 2 aromatic carbocycles. The fourth-order valence-corrected chi connectivity index (χ4v) is 4.51. The van der Waals surface area contributed by atoms with Crippen LogP contribution in [0.2, 0.25) is 0 Å². The SMILES string of the molecule is CN1CCC(CCOC(=O)N2CCc3ccccc3[C@@H]2c2ccc(F)cc2)CC1. The highest BCUT2D eigenvalue weighted by Crippen LogP contribution is 2.35. The Kier molecular flexibility index (Phi) is 6.14. The predicted octanol–water partition coefficient (Wildman–Crippen LogP) is 4.64. The summed E-state index contributed by atoms with van der Waals surface area (Å²) in [6.07, 6.45) is 3.79. The van der Waals surface area contributed by atoms with Gasteiger partial charge in [0.25, 0.3) is 0 Å². The number of piperidine rings is 1. The number of likely N-dealkylation sites (tertiary alicyclic amines) is 1. The maximum absolute atomic E-state index is 13.5. The van der Waals surface area contributed by atoms with Gasteiger partial charge in [0.2, 0.25) is 0 Å². The molecule has 29 heavy (non-hydrogen) atoms. The molecule has 0 bridgehead atoms. The quantitative estimate of drug-likeness (QED) is 0.755. The highest BCUT2D eigenvalue weighted by Gasteiger charge is 2.33. The topological polar surface area (TPSA) is 32.8 Å². The molecule has 1 fully saturated rings. The third kappa shape index (κ3) is 4.61. The summed E-state index contributed by atoms with van der Waals surface area (Å²) in [4.78, 5) is 17.1. The van der Waals surface area contributed by atoms with Crippen LogP contribution in [0, 0.1) is 11.7 Å². The number of hydrogen-bond donors (Lipinski definition) is 0. The summed E-state index contributed by atoms with van der Waals surface area (Å²) in [6.45, 7) is 3.30. The van der Waals surface area contributed by atoms with Crippen molar-refractivity contribution in [3.05, 3.63) is 71.0 Å². The van der Waals surface area contributed by atoms with Crippen LogP contribution in [0.4, 0.5) is 9.18 Å². The number of hydrogen-bond acceptors (Lipinski definition) is 3. The zero-order valence-electron chi connectivity index (χ0n) is 17.0. The van der Waals surface area contributed by atoms with Gasteiger partial charge in [-0.25, -0.2) is 9.18 Å². The minimum absolute atomic E-state index is 0.239. The Morgan fingerprint density at radius 3 is 2.55 bits per heavy atom. The molecule has 2 heterocycles. The van der Waals surface area contributed by atoms with Crippen LogP contribution in [-0.4, -0.2) is 49.2 Å². The second kappa shape index (κ2) is 8.95. The summed E-state index contributed by atoms with van der Waals surface area (Å²) in [5.41, 5.74) is 3.24. The number of nitrogens with zero attached hydrogens (tertiary/aromatic N) is 2. The van der Waals surface area contributed by atoms with Crippen LogP contribution in [0.1, 0.15) is 42.0 Å². The first kappa shape index (κ1) is 19.9. The normalized spacial score (nSPS) is 20.3. The van der Waals surface area contributed by atoms with Crippen molar-refractivity contribution in [3.8, 4) is 0 Å². The maximum Gasteiger partial charge on any atom is 0.410 e. The first-order valence-electron chi connectivity index (χ1n) is 10.6. The van der Waals surface area contributed by atoms with Crippen LogP contribution in [0.5, 0.6) is 0 Å². The Morgan fingerprint density at radius 2 is 1.79 bits per heavy atom. The fourth-order valence-electron chi connectivity index (χ4n) is 4.51. The van der Waals surface area contributed by atoms with E-state index in [-0.39, 0.29) is 18.0 Å². The van der Waals surface area contributed by atoms with Crippen LogP contribution in [0.25, 0.3) is 0 Å². The van der Waals surface area contributed by atoms with E-state index in [0.717, 1.165) is 37.1 Å². The highest BCUT2D eigenvalue weighted by molar-refractivity contribution is 5.70. The van der Waals surface area contributed by atoms with Crippen molar-refractivity contribution in [2.24, 2.45) is 5.92 Å². The van der Waals surface area contributed by atoms with Gasteiger partial charge in [0, 0.05) is 6.54 Å². The third-order valence-corrected chi connectivity index (χ3v) is 6.29. The monoisotopic (exact) mass is 396 g/mol. The number of carbonyl (C=O) groups is 1. The van der Waals surface area contributed by atoms with E-state index in [4.69, 9.17) is 4.74 Å². The lowest BCUT2D eigenvalue weighted by atomic mass is 9.88.